The summed E-state index contributed by atoms with van der Waals surface area (Å²) in [6.45, 7) is 8.14. The van der Waals surface area contributed by atoms with Crippen LogP contribution in [0.1, 0.15) is 31.7 Å². The third-order valence-corrected chi connectivity index (χ3v) is 7.92. The molecular weight excluding hydrogens is 526 g/mol. The highest BCUT2D eigenvalue weighted by Crippen LogP contribution is 2.31. The summed E-state index contributed by atoms with van der Waals surface area (Å²) in [4.78, 5) is 61.5. The number of thioether (sulfide) groups is 1. The Morgan fingerprint density at radius 2 is 1.85 bits per heavy atom. The van der Waals surface area contributed by atoms with Gasteiger partial charge in [0.05, 0.1) is 10.4 Å². The predicted octanol–water partition coefficient (Wildman–Crippen LogP) is 4.58. The molecule has 10 heteroatoms. The standard InChI is InChI=1S/C30H29N5O4S/c1-3-19(2)25(36)7-9-28(37)35-14-12-34(13-15-35)27-8-5-21(18-32-27)22-10-11-31-24-6-4-20(16-23(22)24)17-26-29(38)33-30(39)40-26/h4-6,8,10-11,16-18H,2-3,7,9,12-15H2,1H3,(H,33,38,39). The number of ketones is 1. The number of Topliss-reactive ketones (excluding diaryl/α,β-unsaturated/α-hetero) is 1. The maximum atomic E-state index is 12.6. The number of aromatic nitrogens is 2. The second kappa shape index (κ2) is 11.8. The molecule has 0 atom stereocenters. The highest BCUT2D eigenvalue weighted by molar-refractivity contribution is 8.18. The Morgan fingerprint density at radius 3 is 2.52 bits per heavy atom. The molecule has 3 amide bonds. The fraction of sp³-hybridized carbons (Fsp3) is 0.267. The van der Waals surface area contributed by atoms with Gasteiger partial charge in [-0.2, -0.15) is 0 Å². The molecule has 2 aliphatic heterocycles. The van der Waals surface area contributed by atoms with E-state index in [2.05, 4.69) is 21.8 Å². The summed E-state index contributed by atoms with van der Waals surface area (Å²) in [5, 5.41) is 2.81. The van der Waals surface area contributed by atoms with Crippen molar-refractivity contribution >= 4 is 57.4 Å². The number of nitrogens with one attached hydrogen (secondary N) is 1. The maximum absolute atomic E-state index is 12.6. The summed E-state index contributed by atoms with van der Waals surface area (Å²) in [7, 11) is 0. The number of hydrogen-bond acceptors (Lipinski definition) is 8. The molecule has 5 rings (SSSR count). The molecule has 2 saturated heterocycles. The number of anilines is 1. The maximum Gasteiger partial charge on any atom is 0.290 e. The van der Waals surface area contributed by atoms with Crippen LogP contribution in [0.25, 0.3) is 28.1 Å². The molecule has 0 spiro atoms. The van der Waals surface area contributed by atoms with E-state index in [1.807, 2.05) is 54.4 Å². The SMILES string of the molecule is C=C(CC)C(=O)CCC(=O)N1CCN(c2ccc(-c3ccnc4ccc(C=C5SC(=O)NC5=O)cc34)cn2)CC1. The summed E-state index contributed by atoms with van der Waals surface area (Å²) in [5.41, 5.74) is 4.06. The van der Waals surface area contributed by atoms with Crippen LogP contribution in [-0.2, 0) is 14.4 Å². The number of fused-ring (bicyclic) bond motifs is 1. The van der Waals surface area contributed by atoms with Gasteiger partial charge in [-0.3, -0.25) is 29.5 Å². The summed E-state index contributed by atoms with van der Waals surface area (Å²) in [6, 6.07) is 11.6. The van der Waals surface area contributed by atoms with E-state index in [1.165, 1.54) is 0 Å². The molecule has 0 bridgehead atoms. The first-order chi connectivity index (χ1) is 19.3. The lowest BCUT2D eigenvalue weighted by Gasteiger charge is -2.35. The van der Waals surface area contributed by atoms with E-state index in [9.17, 15) is 19.2 Å². The molecule has 0 saturated carbocycles. The van der Waals surface area contributed by atoms with Crippen LogP contribution in [0.5, 0.6) is 0 Å². The molecular formula is C30H29N5O4S. The number of benzene rings is 1. The number of piperazine rings is 1. The van der Waals surface area contributed by atoms with E-state index in [4.69, 9.17) is 4.98 Å². The topological polar surface area (TPSA) is 113 Å². The minimum absolute atomic E-state index is 0.00135. The van der Waals surface area contributed by atoms with Gasteiger partial charge in [0.15, 0.2) is 5.78 Å². The summed E-state index contributed by atoms with van der Waals surface area (Å²) < 4.78 is 0. The molecule has 2 aromatic heterocycles. The molecule has 3 aromatic rings. The van der Waals surface area contributed by atoms with Crippen molar-refractivity contribution in [3.63, 3.8) is 0 Å². The molecule has 4 heterocycles. The van der Waals surface area contributed by atoms with Crippen LogP contribution in [0.2, 0.25) is 0 Å². The smallest absolute Gasteiger partial charge is 0.290 e. The predicted molar refractivity (Wildman–Crippen MR) is 157 cm³/mol. The van der Waals surface area contributed by atoms with Gasteiger partial charge in [0.25, 0.3) is 11.1 Å². The van der Waals surface area contributed by atoms with Gasteiger partial charge in [0.2, 0.25) is 5.91 Å². The van der Waals surface area contributed by atoms with Crippen LogP contribution in [-0.4, -0.2) is 63.9 Å². The van der Waals surface area contributed by atoms with Crippen molar-refractivity contribution in [3.8, 4) is 11.1 Å². The lowest BCUT2D eigenvalue weighted by Crippen LogP contribution is -2.49. The van der Waals surface area contributed by atoms with Gasteiger partial charge in [0.1, 0.15) is 5.82 Å². The van der Waals surface area contributed by atoms with Crippen molar-refractivity contribution < 1.29 is 19.2 Å². The van der Waals surface area contributed by atoms with Crippen LogP contribution in [0, 0.1) is 0 Å². The molecule has 0 radical (unpaired) electrons. The lowest BCUT2D eigenvalue weighted by atomic mass is 10.0. The normalized spacial score (nSPS) is 16.5. The van der Waals surface area contributed by atoms with Crippen molar-refractivity contribution in [2.75, 3.05) is 31.1 Å². The number of imide groups is 1. The summed E-state index contributed by atoms with van der Waals surface area (Å²) in [5.74, 6) is 0.409. The van der Waals surface area contributed by atoms with E-state index in [1.54, 1.807) is 12.3 Å². The van der Waals surface area contributed by atoms with E-state index >= 15 is 0 Å². The zero-order valence-corrected chi connectivity index (χ0v) is 23.0. The van der Waals surface area contributed by atoms with E-state index in [0.29, 0.717) is 43.1 Å². The van der Waals surface area contributed by atoms with Gasteiger partial charge in [-0.05, 0) is 71.3 Å². The number of carbonyl (C=O) groups is 4. The van der Waals surface area contributed by atoms with Crippen LogP contribution < -0.4 is 10.2 Å². The molecule has 204 valence electrons. The zero-order valence-electron chi connectivity index (χ0n) is 22.2. The van der Waals surface area contributed by atoms with Crippen molar-refractivity contribution in [3.05, 3.63) is 71.4 Å². The molecule has 2 aliphatic rings. The molecule has 1 aromatic carbocycles. The number of nitrogens with zero attached hydrogens (tertiary/aromatic N) is 4. The van der Waals surface area contributed by atoms with Gasteiger partial charge in [-0.1, -0.05) is 19.6 Å². The Kier molecular flexibility index (Phi) is 8.06. The minimum Gasteiger partial charge on any atom is -0.353 e. The Bertz CT molecular complexity index is 1540. The average Bonchev–Trinajstić information content (AvgIpc) is 3.30. The molecule has 40 heavy (non-hydrogen) atoms. The van der Waals surface area contributed by atoms with Crippen molar-refractivity contribution in [1.29, 1.82) is 0 Å². The second-order valence-corrected chi connectivity index (χ2v) is 10.7. The van der Waals surface area contributed by atoms with Crippen LogP contribution in [0.3, 0.4) is 0 Å². The van der Waals surface area contributed by atoms with E-state index in [0.717, 1.165) is 45.2 Å². The highest BCUT2D eigenvalue weighted by atomic mass is 32.2. The fourth-order valence-electron chi connectivity index (χ4n) is 4.75. The fourth-order valence-corrected chi connectivity index (χ4v) is 5.43. The van der Waals surface area contributed by atoms with Gasteiger partial charge in [-0.15, -0.1) is 0 Å². The van der Waals surface area contributed by atoms with Gasteiger partial charge >= 0.3 is 0 Å². The number of rotatable bonds is 8. The Hall–Kier alpha value is -4.31. The van der Waals surface area contributed by atoms with Gasteiger partial charge < -0.3 is 9.80 Å². The quantitative estimate of drug-likeness (QED) is 0.402. The average molecular weight is 556 g/mol. The summed E-state index contributed by atoms with van der Waals surface area (Å²) in [6.07, 6.45) is 6.32. The number of amides is 3. The number of pyridine rings is 2. The highest BCUT2D eigenvalue weighted by Gasteiger charge is 2.25. The molecule has 9 nitrogen and oxygen atoms in total. The first-order valence-electron chi connectivity index (χ1n) is 13.2. The molecule has 0 aliphatic carbocycles. The van der Waals surface area contributed by atoms with Gasteiger partial charge in [0, 0.05) is 62.4 Å². The zero-order chi connectivity index (χ0) is 28.2. The minimum atomic E-state index is -0.389. The number of allylic oxidation sites excluding steroid dienone is 1. The largest absolute Gasteiger partial charge is 0.353 e. The summed E-state index contributed by atoms with van der Waals surface area (Å²) >= 11 is 0.889. The Balaban J connectivity index is 1.26. The van der Waals surface area contributed by atoms with E-state index < -0.39 is 0 Å². The number of carbonyl (C=O) groups excluding carboxylic acids is 4. The third-order valence-electron chi connectivity index (χ3n) is 7.11. The molecule has 1 N–H and O–H groups in total. The third kappa shape index (κ3) is 5.96. The van der Waals surface area contributed by atoms with E-state index in [-0.39, 0.29) is 35.7 Å². The van der Waals surface area contributed by atoms with Crippen LogP contribution >= 0.6 is 11.8 Å². The van der Waals surface area contributed by atoms with Crippen LogP contribution in [0.15, 0.2) is 65.8 Å². The first kappa shape index (κ1) is 27.3. The molecule has 2 fully saturated rings. The van der Waals surface area contributed by atoms with Crippen molar-refractivity contribution in [2.24, 2.45) is 0 Å². The second-order valence-electron chi connectivity index (χ2n) is 9.64. The molecule has 0 unspecified atom stereocenters. The van der Waals surface area contributed by atoms with Gasteiger partial charge in [-0.25, -0.2) is 4.98 Å². The number of hydrogen-bond donors (Lipinski definition) is 1. The van der Waals surface area contributed by atoms with Crippen LogP contribution in [0.4, 0.5) is 10.6 Å². The Labute approximate surface area is 236 Å². The first-order valence-corrected chi connectivity index (χ1v) is 14.0. The van der Waals surface area contributed by atoms with Crippen molar-refractivity contribution in [2.45, 2.75) is 26.2 Å². The monoisotopic (exact) mass is 555 g/mol. The lowest BCUT2D eigenvalue weighted by molar-refractivity contribution is -0.133. The Morgan fingerprint density at radius 1 is 1.05 bits per heavy atom. The van der Waals surface area contributed by atoms with Crippen molar-refractivity contribution in [1.82, 2.24) is 20.2 Å².